The average Bonchev–Trinajstić information content (AvgIpc) is 2.70. The van der Waals surface area contributed by atoms with E-state index < -0.39 is 0 Å². The minimum absolute atomic E-state index is 0.0562. The number of aryl methyl sites for hydroxylation is 2. The molecule has 106 valence electrons. The molecule has 0 spiro atoms. The van der Waals surface area contributed by atoms with Gasteiger partial charge in [0.25, 0.3) is 5.91 Å². The summed E-state index contributed by atoms with van der Waals surface area (Å²) in [6.07, 6.45) is 2.20. The fraction of sp³-hybridized carbons (Fsp3) is 0.714. The van der Waals surface area contributed by atoms with Crippen LogP contribution in [0.3, 0.4) is 0 Å². The number of aromatic nitrogens is 2. The van der Waals surface area contributed by atoms with Gasteiger partial charge in [-0.2, -0.15) is 5.10 Å². The quantitative estimate of drug-likeness (QED) is 0.896. The number of likely N-dealkylation sites (tertiary alicyclic amines) is 1. The molecule has 0 aliphatic carbocycles. The number of carbonyl (C=O) groups is 1. The van der Waals surface area contributed by atoms with E-state index in [1.54, 1.807) is 4.68 Å². The van der Waals surface area contributed by atoms with E-state index in [1.807, 2.05) is 20.0 Å². The van der Waals surface area contributed by atoms with Crippen molar-refractivity contribution in [2.45, 2.75) is 45.7 Å². The zero-order valence-corrected chi connectivity index (χ0v) is 12.3. The molecule has 1 amide bonds. The van der Waals surface area contributed by atoms with Crippen LogP contribution in [-0.4, -0.2) is 45.8 Å². The molecule has 5 heteroatoms. The monoisotopic (exact) mass is 264 g/mol. The van der Waals surface area contributed by atoms with Crippen molar-refractivity contribution in [3.8, 4) is 0 Å². The first-order valence-corrected chi connectivity index (χ1v) is 7.03. The lowest BCUT2D eigenvalue weighted by Crippen LogP contribution is -2.49. The van der Waals surface area contributed by atoms with Gasteiger partial charge in [0.1, 0.15) is 5.69 Å². The molecule has 2 heterocycles. The number of hydrogen-bond donors (Lipinski definition) is 1. The smallest absolute Gasteiger partial charge is 0.272 e. The van der Waals surface area contributed by atoms with Gasteiger partial charge in [-0.1, -0.05) is 0 Å². The highest BCUT2D eigenvalue weighted by Gasteiger charge is 2.24. The second-order valence-electron chi connectivity index (χ2n) is 5.70. The molecule has 2 rings (SSSR count). The molecular formula is C14H24N4O. The summed E-state index contributed by atoms with van der Waals surface area (Å²) in [7, 11) is 1.85. The minimum Gasteiger partial charge on any atom is -0.347 e. The number of nitrogens with zero attached hydrogens (tertiary/aromatic N) is 3. The van der Waals surface area contributed by atoms with Crippen molar-refractivity contribution in [3.05, 3.63) is 17.5 Å². The zero-order chi connectivity index (χ0) is 14.0. The Balaban J connectivity index is 1.95. The maximum atomic E-state index is 12.1. The molecular weight excluding hydrogens is 240 g/mol. The fourth-order valence-electron chi connectivity index (χ4n) is 2.52. The van der Waals surface area contributed by atoms with Crippen molar-refractivity contribution in [2.75, 3.05) is 13.1 Å². The number of hydrogen-bond acceptors (Lipinski definition) is 3. The van der Waals surface area contributed by atoms with E-state index in [1.165, 1.54) is 0 Å². The molecule has 1 aliphatic heterocycles. The number of rotatable bonds is 3. The molecule has 5 nitrogen and oxygen atoms in total. The third kappa shape index (κ3) is 3.35. The molecule has 19 heavy (non-hydrogen) atoms. The molecule has 0 radical (unpaired) electrons. The third-order valence-corrected chi connectivity index (χ3v) is 3.86. The zero-order valence-electron chi connectivity index (χ0n) is 12.3. The van der Waals surface area contributed by atoms with Crippen LogP contribution in [0.4, 0.5) is 0 Å². The largest absolute Gasteiger partial charge is 0.347 e. The Morgan fingerprint density at radius 3 is 2.84 bits per heavy atom. The standard InChI is InChI=1S/C14H24N4O/c1-10(2)18-7-5-6-12(9-18)15-14(19)13-8-11(3)17(4)16-13/h8,10,12H,5-7,9H2,1-4H3,(H,15,19)/t12-/m1/s1. The van der Waals surface area contributed by atoms with Crippen molar-refractivity contribution in [2.24, 2.45) is 7.05 Å². The van der Waals surface area contributed by atoms with Crippen molar-refractivity contribution in [3.63, 3.8) is 0 Å². The average molecular weight is 264 g/mol. The van der Waals surface area contributed by atoms with Gasteiger partial charge >= 0.3 is 0 Å². The summed E-state index contributed by atoms with van der Waals surface area (Å²) in [5.74, 6) is -0.0562. The Bertz CT molecular complexity index is 433. The number of carbonyl (C=O) groups excluding carboxylic acids is 1. The van der Waals surface area contributed by atoms with E-state index in [9.17, 15) is 4.79 Å². The molecule has 1 aromatic heterocycles. The fourth-order valence-corrected chi connectivity index (χ4v) is 2.52. The Morgan fingerprint density at radius 1 is 1.53 bits per heavy atom. The SMILES string of the molecule is Cc1cc(C(=O)N[C@@H]2CCCN(C(C)C)C2)nn1C. The van der Waals surface area contributed by atoms with E-state index in [-0.39, 0.29) is 11.9 Å². The van der Waals surface area contributed by atoms with Crippen LogP contribution in [0, 0.1) is 6.92 Å². The Labute approximate surface area is 115 Å². The molecule has 0 bridgehead atoms. The lowest BCUT2D eigenvalue weighted by atomic mass is 10.0. The molecule has 1 fully saturated rings. The first-order chi connectivity index (χ1) is 8.97. The van der Waals surface area contributed by atoms with Gasteiger partial charge in [0.05, 0.1) is 0 Å². The van der Waals surface area contributed by atoms with Crippen molar-refractivity contribution in [1.29, 1.82) is 0 Å². The summed E-state index contributed by atoms with van der Waals surface area (Å²) in [6.45, 7) is 8.42. The van der Waals surface area contributed by atoms with Crippen LogP contribution in [0.2, 0.25) is 0 Å². The number of piperidine rings is 1. The van der Waals surface area contributed by atoms with Crippen LogP contribution in [0.1, 0.15) is 42.9 Å². The molecule has 1 aromatic rings. The molecule has 0 aromatic carbocycles. The lowest BCUT2D eigenvalue weighted by molar-refractivity contribution is 0.0881. The first kappa shape index (κ1) is 14.1. The van der Waals surface area contributed by atoms with Gasteiger partial charge in [0.2, 0.25) is 0 Å². The molecule has 1 atom stereocenters. The highest BCUT2D eigenvalue weighted by atomic mass is 16.2. The second kappa shape index (κ2) is 5.74. The predicted octanol–water partition coefficient (Wildman–Crippen LogP) is 1.33. The Morgan fingerprint density at radius 2 is 2.26 bits per heavy atom. The van der Waals surface area contributed by atoms with E-state index >= 15 is 0 Å². The second-order valence-corrected chi connectivity index (χ2v) is 5.70. The molecule has 1 saturated heterocycles. The summed E-state index contributed by atoms with van der Waals surface area (Å²) in [5.41, 5.74) is 1.51. The van der Waals surface area contributed by atoms with Crippen LogP contribution < -0.4 is 5.32 Å². The highest BCUT2D eigenvalue weighted by molar-refractivity contribution is 5.92. The van der Waals surface area contributed by atoms with Crippen LogP contribution >= 0.6 is 0 Å². The predicted molar refractivity (Wildman–Crippen MR) is 75.1 cm³/mol. The topological polar surface area (TPSA) is 50.2 Å². The van der Waals surface area contributed by atoms with E-state index in [0.29, 0.717) is 11.7 Å². The molecule has 1 N–H and O–H groups in total. The van der Waals surface area contributed by atoms with Gasteiger partial charge in [0, 0.05) is 31.4 Å². The number of nitrogens with one attached hydrogen (secondary N) is 1. The van der Waals surface area contributed by atoms with Gasteiger partial charge in [0.15, 0.2) is 0 Å². The normalized spacial score (nSPS) is 20.8. The Hall–Kier alpha value is -1.36. The maximum absolute atomic E-state index is 12.1. The van der Waals surface area contributed by atoms with Gasteiger partial charge < -0.3 is 5.32 Å². The van der Waals surface area contributed by atoms with Crippen molar-refractivity contribution in [1.82, 2.24) is 20.0 Å². The maximum Gasteiger partial charge on any atom is 0.272 e. The van der Waals surface area contributed by atoms with Crippen LogP contribution in [0.15, 0.2) is 6.07 Å². The van der Waals surface area contributed by atoms with Crippen LogP contribution in [-0.2, 0) is 7.05 Å². The van der Waals surface area contributed by atoms with E-state index in [4.69, 9.17) is 0 Å². The Kier molecular flexibility index (Phi) is 4.24. The minimum atomic E-state index is -0.0562. The van der Waals surface area contributed by atoms with Crippen molar-refractivity contribution < 1.29 is 4.79 Å². The van der Waals surface area contributed by atoms with Gasteiger partial charge in [-0.3, -0.25) is 14.4 Å². The van der Waals surface area contributed by atoms with E-state index in [0.717, 1.165) is 31.6 Å². The highest BCUT2D eigenvalue weighted by Crippen LogP contribution is 2.13. The summed E-state index contributed by atoms with van der Waals surface area (Å²) in [4.78, 5) is 14.6. The lowest BCUT2D eigenvalue weighted by Gasteiger charge is -2.35. The van der Waals surface area contributed by atoms with Gasteiger partial charge in [-0.25, -0.2) is 0 Å². The third-order valence-electron chi connectivity index (χ3n) is 3.86. The van der Waals surface area contributed by atoms with Gasteiger partial charge in [-0.15, -0.1) is 0 Å². The van der Waals surface area contributed by atoms with Crippen LogP contribution in [0.25, 0.3) is 0 Å². The molecule has 0 unspecified atom stereocenters. The number of amides is 1. The summed E-state index contributed by atoms with van der Waals surface area (Å²) < 4.78 is 1.73. The van der Waals surface area contributed by atoms with Gasteiger partial charge in [-0.05, 0) is 46.2 Å². The summed E-state index contributed by atoms with van der Waals surface area (Å²) >= 11 is 0. The summed E-state index contributed by atoms with van der Waals surface area (Å²) in [6, 6.07) is 2.61. The molecule has 1 aliphatic rings. The van der Waals surface area contributed by atoms with Crippen LogP contribution in [0.5, 0.6) is 0 Å². The van der Waals surface area contributed by atoms with E-state index in [2.05, 4.69) is 29.2 Å². The molecule has 0 saturated carbocycles. The summed E-state index contributed by atoms with van der Waals surface area (Å²) in [5, 5.41) is 7.32. The first-order valence-electron chi connectivity index (χ1n) is 7.03. The van der Waals surface area contributed by atoms with Crippen molar-refractivity contribution >= 4 is 5.91 Å².